The van der Waals surface area contributed by atoms with E-state index in [0.717, 1.165) is 39.2 Å². The van der Waals surface area contributed by atoms with E-state index < -0.39 is 77.6 Å². The molecule has 2 aliphatic heterocycles. The average molecular weight is 865 g/mol. The number of thiazole rings is 1. The quantitative estimate of drug-likeness (QED) is 0.129. The Bertz CT molecular complexity index is 2160. The number of aliphatic hydroxyl groups is 1. The standard InChI is InChI=1S/C38H44ClF3N8O8S/c1-19-45-31(50(47-19)25-15-21(39)13-14-22(25)38(40,41)42)30-28(51)27(29-26(55-30)17-54-32(56-29)20-11-9-8-10-12-20)48(44)16-23(43)24-18-59-33(46-24)49(34(52)57-36(2,3)4)35(53)58-37(5,6)7/h8-16,18,26-30,32,51H,17,43-44H2,1-7H3/b23-16-. The zero-order valence-electron chi connectivity index (χ0n) is 33.0. The minimum Gasteiger partial charge on any atom is -0.443 e. The van der Waals surface area contributed by atoms with Crippen LogP contribution in [0.1, 0.15) is 82.4 Å². The number of anilines is 1. The summed E-state index contributed by atoms with van der Waals surface area (Å²) in [6.07, 6.45) is -11.6. The maximum absolute atomic E-state index is 14.3. The summed E-state index contributed by atoms with van der Waals surface area (Å²) in [5.74, 6) is 6.60. The number of aromatic nitrogens is 4. The number of hydrazine groups is 1. The van der Waals surface area contributed by atoms with Crippen molar-refractivity contribution in [3.63, 3.8) is 0 Å². The Hall–Kier alpha value is -4.83. The Balaban J connectivity index is 1.38. The fourth-order valence-corrected chi connectivity index (χ4v) is 7.30. The van der Waals surface area contributed by atoms with Crippen molar-refractivity contribution in [1.82, 2.24) is 24.8 Å². The molecule has 21 heteroatoms. The summed E-state index contributed by atoms with van der Waals surface area (Å²) >= 11 is 7.06. The molecule has 4 aromatic rings. The van der Waals surface area contributed by atoms with E-state index in [2.05, 4.69) is 15.1 Å². The summed E-state index contributed by atoms with van der Waals surface area (Å²) in [6.45, 7) is 11.2. The Kier molecular flexibility index (Phi) is 12.4. The van der Waals surface area contributed by atoms with Crippen LogP contribution < -0.4 is 16.5 Å². The molecule has 4 heterocycles. The molecule has 6 unspecified atom stereocenters. The first-order valence-electron chi connectivity index (χ1n) is 18.2. The van der Waals surface area contributed by atoms with Gasteiger partial charge in [0.1, 0.15) is 53.2 Å². The molecule has 2 aromatic carbocycles. The number of hydrogen-bond donors (Lipinski definition) is 3. The predicted octanol–water partition coefficient (Wildman–Crippen LogP) is 6.80. The van der Waals surface area contributed by atoms with Gasteiger partial charge in [-0.1, -0.05) is 41.9 Å². The van der Waals surface area contributed by atoms with Gasteiger partial charge in [-0.2, -0.15) is 23.2 Å². The maximum Gasteiger partial charge on any atom is 0.426 e. The van der Waals surface area contributed by atoms with Crippen molar-refractivity contribution in [3.05, 3.63) is 93.6 Å². The molecule has 6 atom stereocenters. The van der Waals surface area contributed by atoms with Gasteiger partial charge in [0.15, 0.2) is 12.1 Å². The van der Waals surface area contributed by atoms with Crippen LogP contribution in [0.25, 0.3) is 11.4 Å². The molecule has 2 aromatic heterocycles. The van der Waals surface area contributed by atoms with Gasteiger partial charge in [-0.15, -0.1) is 11.3 Å². The molecule has 318 valence electrons. The number of carbonyl (C=O) groups excluding carboxylic acids is 2. The smallest absolute Gasteiger partial charge is 0.426 e. The van der Waals surface area contributed by atoms with Gasteiger partial charge in [0.25, 0.3) is 0 Å². The van der Waals surface area contributed by atoms with Gasteiger partial charge in [-0.3, -0.25) is 0 Å². The molecule has 0 aliphatic carbocycles. The summed E-state index contributed by atoms with van der Waals surface area (Å²) in [4.78, 5) is 36.0. The monoisotopic (exact) mass is 864 g/mol. The number of carbonyl (C=O) groups is 2. The number of aliphatic hydroxyl groups excluding tert-OH is 1. The van der Waals surface area contributed by atoms with Crippen LogP contribution in [0.2, 0.25) is 5.02 Å². The van der Waals surface area contributed by atoms with Gasteiger partial charge >= 0.3 is 18.4 Å². The zero-order chi connectivity index (χ0) is 43.2. The summed E-state index contributed by atoms with van der Waals surface area (Å²) in [7, 11) is 0. The van der Waals surface area contributed by atoms with E-state index in [-0.39, 0.29) is 39.8 Å². The number of imide groups is 1. The van der Waals surface area contributed by atoms with Crippen LogP contribution >= 0.6 is 22.9 Å². The van der Waals surface area contributed by atoms with E-state index in [1.807, 2.05) is 6.07 Å². The number of fused-ring (bicyclic) bond motifs is 1. The topological polar surface area (TPSA) is 203 Å². The third-order valence-corrected chi connectivity index (χ3v) is 9.76. The first kappa shape index (κ1) is 43.7. The number of aryl methyl sites for hydroxylation is 1. The predicted molar refractivity (Wildman–Crippen MR) is 209 cm³/mol. The van der Waals surface area contributed by atoms with E-state index in [1.54, 1.807) is 65.8 Å². The maximum atomic E-state index is 14.3. The van der Waals surface area contributed by atoms with E-state index in [1.165, 1.54) is 18.5 Å². The highest BCUT2D eigenvalue weighted by Crippen LogP contribution is 2.42. The SMILES string of the molecule is Cc1nc(C2OC3COC(c4ccccc4)OC3C(N(N)/C=C(\N)c3csc(N(C(=O)OC(C)(C)C)C(=O)OC(C)(C)C)n3)C2O)n(-c2cc(Cl)ccc2C(F)(F)F)n1. The Labute approximate surface area is 346 Å². The number of nitrogens with two attached hydrogens (primary N) is 2. The van der Waals surface area contributed by atoms with Crippen LogP contribution in [0, 0.1) is 6.92 Å². The fourth-order valence-electron chi connectivity index (χ4n) is 6.32. The molecule has 0 spiro atoms. The van der Waals surface area contributed by atoms with Crippen LogP contribution in [0.3, 0.4) is 0 Å². The number of amides is 2. The van der Waals surface area contributed by atoms with Crippen molar-refractivity contribution in [2.24, 2.45) is 11.6 Å². The van der Waals surface area contributed by atoms with Crippen LogP contribution in [0.4, 0.5) is 27.9 Å². The molecule has 2 aliphatic rings. The second-order valence-corrected chi connectivity index (χ2v) is 17.0. The number of hydrogen-bond acceptors (Lipinski definition) is 15. The molecule has 0 saturated carbocycles. The summed E-state index contributed by atoms with van der Waals surface area (Å²) in [5, 5.41) is 18.8. The highest BCUT2D eigenvalue weighted by atomic mass is 35.5. The van der Waals surface area contributed by atoms with Gasteiger partial charge in [-0.05, 0) is 66.7 Å². The third-order valence-electron chi connectivity index (χ3n) is 8.70. The first-order chi connectivity index (χ1) is 27.5. The molecule has 16 nitrogen and oxygen atoms in total. The lowest BCUT2D eigenvalue weighted by molar-refractivity contribution is -0.320. The van der Waals surface area contributed by atoms with Crippen LogP contribution in [-0.2, 0) is 29.9 Å². The van der Waals surface area contributed by atoms with Crippen molar-refractivity contribution in [2.75, 3.05) is 11.5 Å². The van der Waals surface area contributed by atoms with Crippen molar-refractivity contribution >= 4 is 46.0 Å². The second-order valence-electron chi connectivity index (χ2n) is 15.7. The normalized spacial score (nSPS) is 22.7. The largest absolute Gasteiger partial charge is 0.443 e. The van der Waals surface area contributed by atoms with E-state index in [9.17, 15) is 27.9 Å². The van der Waals surface area contributed by atoms with E-state index in [4.69, 9.17) is 46.9 Å². The number of halogens is 4. The minimum atomic E-state index is -4.81. The second kappa shape index (κ2) is 16.7. The lowest BCUT2D eigenvalue weighted by Crippen LogP contribution is -2.65. The summed E-state index contributed by atoms with van der Waals surface area (Å²) in [6, 6.07) is 10.8. The van der Waals surface area contributed by atoms with E-state index in [0.29, 0.717) is 10.5 Å². The number of alkyl halides is 3. The Morgan fingerprint density at radius 2 is 1.66 bits per heavy atom. The molecule has 59 heavy (non-hydrogen) atoms. The highest BCUT2D eigenvalue weighted by Gasteiger charge is 2.53. The lowest BCUT2D eigenvalue weighted by Gasteiger charge is -2.50. The fraction of sp³-hybridized carbons (Fsp3) is 0.447. The first-order valence-corrected chi connectivity index (χ1v) is 19.4. The number of ether oxygens (including phenoxy) is 5. The molecule has 6 rings (SSSR count). The molecule has 2 amide bonds. The van der Waals surface area contributed by atoms with Crippen molar-refractivity contribution in [3.8, 4) is 5.69 Å². The molecule has 0 bridgehead atoms. The molecular formula is C38H44ClF3N8O8S. The zero-order valence-corrected chi connectivity index (χ0v) is 34.6. The number of nitrogens with zero attached hydrogens (tertiary/aromatic N) is 6. The minimum absolute atomic E-state index is 0.00422. The average Bonchev–Trinajstić information content (AvgIpc) is 3.76. The third kappa shape index (κ3) is 9.97. The van der Waals surface area contributed by atoms with Crippen molar-refractivity contribution in [1.29, 1.82) is 0 Å². The molecule has 0 radical (unpaired) electrons. The number of rotatable bonds is 7. The van der Waals surface area contributed by atoms with Crippen molar-refractivity contribution in [2.45, 2.75) is 103 Å². The van der Waals surface area contributed by atoms with Crippen LogP contribution in [0.5, 0.6) is 0 Å². The lowest BCUT2D eigenvalue weighted by atomic mass is 9.90. The number of benzene rings is 2. The summed E-state index contributed by atoms with van der Waals surface area (Å²) < 4.78 is 73.5. The van der Waals surface area contributed by atoms with Gasteiger partial charge in [0.05, 0.1) is 23.6 Å². The van der Waals surface area contributed by atoms with E-state index >= 15 is 0 Å². The van der Waals surface area contributed by atoms with Crippen molar-refractivity contribution < 1.29 is 51.6 Å². The molecular weight excluding hydrogens is 821 g/mol. The summed E-state index contributed by atoms with van der Waals surface area (Å²) in [5.41, 5.74) is 3.75. The Morgan fingerprint density at radius 1 is 1.02 bits per heavy atom. The molecule has 2 saturated heterocycles. The van der Waals surface area contributed by atoms with Crippen LogP contribution in [0.15, 0.2) is 60.1 Å². The van der Waals surface area contributed by atoms with Crippen LogP contribution in [-0.4, -0.2) is 84.2 Å². The highest BCUT2D eigenvalue weighted by molar-refractivity contribution is 7.14. The van der Waals surface area contributed by atoms with Gasteiger partial charge in [-0.25, -0.2) is 30.1 Å². The van der Waals surface area contributed by atoms with Gasteiger partial charge in [0.2, 0.25) is 5.13 Å². The molecule has 2 fully saturated rings. The Morgan fingerprint density at radius 3 is 2.27 bits per heavy atom. The van der Waals surface area contributed by atoms with Gasteiger partial charge in [0, 0.05) is 22.2 Å². The molecule has 5 N–H and O–H groups in total. The van der Waals surface area contributed by atoms with Gasteiger partial charge < -0.3 is 39.5 Å².